The molecule has 4 heteroatoms. The van der Waals surface area contributed by atoms with Crippen LogP contribution >= 0.6 is 23.7 Å². The van der Waals surface area contributed by atoms with Gasteiger partial charge in [-0.05, 0) is 25.3 Å². The molecule has 1 fully saturated rings. The largest absolute Gasteiger partial charge is 0.312 e. The predicted molar refractivity (Wildman–Crippen MR) is 53.8 cm³/mol. The Morgan fingerprint density at radius 3 is 3.00 bits per heavy atom. The third kappa shape index (κ3) is 3.09. The van der Waals surface area contributed by atoms with E-state index >= 15 is 0 Å². The second kappa shape index (κ2) is 4.80. The molecular weight excluding hydrogens is 192 g/mol. The highest BCUT2D eigenvalue weighted by atomic mass is 35.5. The van der Waals surface area contributed by atoms with Crippen LogP contribution in [0.2, 0.25) is 0 Å². The van der Waals surface area contributed by atoms with Crippen molar-refractivity contribution in [1.82, 2.24) is 10.3 Å². The van der Waals surface area contributed by atoms with E-state index in [1.165, 1.54) is 24.3 Å². The van der Waals surface area contributed by atoms with Gasteiger partial charge in [-0.25, -0.2) is 0 Å². The lowest BCUT2D eigenvalue weighted by Gasteiger charge is -1.98. The standard InChI is InChI=1S/C8H12N2S.ClH/c1-2-7(1)3-9-4-8-5-10-6-11-8;/h5-7,9H,1-4H2;1H. The molecule has 1 heterocycles. The molecule has 1 saturated carbocycles. The maximum Gasteiger partial charge on any atom is 0.0794 e. The van der Waals surface area contributed by atoms with Crippen molar-refractivity contribution >= 4 is 23.7 Å². The van der Waals surface area contributed by atoms with Gasteiger partial charge in [-0.15, -0.1) is 23.7 Å². The smallest absolute Gasteiger partial charge is 0.0794 e. The second-order valence-corrected chi connectivity index (χ2v) is 4.01. The Labute approximate surface area is 82.8 Å². The van der Waals surface area contributed by atoms with E-state index in [0.29, 0.717) is 0 Å². The molecule has 1 aromatic rings. The van der Waals surface area contributed by atoms with Crippen LogP contribution in [0.15, 0.2) is 11.7 Å². The fourth-order valence-electron chi connectivity index (χ4n) is 1.05. The minimum atomic E-state index is 0. The lowest BCUT2D eigenvalue weighted by Crippen LogP contribution is -2.15. The number of nitrogens with zero attached hydrogens (tertiary/aromatic N) is 1. The van der Waals surface area contributed by atoms with Gasteiger partial charge in [0, 0.05) is 17.6 Å². The summed E-state index contributed by atoms with van der Waals surface area (Å²) in [4.78, 5) is 5.35. The van der Waals surface area contributed by atoms with Crippen LogP contribution in [0.25, 0.3) is 0 Å². The molecule has 0 unspecified atom stereocenters. The summed E-state index contributed by atoms with van der Waals surface area (Å²) in [5.41, 5.74) is 1.88. The van der Waals surface area contributed by atoms with E-state index in [0.717, 1.165) is 12.5 Å². The monoisotopic (exact) mass is 204 g/mol. The number of thiazole rings is 1. The first-order chi connectivity index (χ1) is 5.45. The van der Waals surface area contributed by atoms with Gasteiger partial charge < -0.3 is 5.32 Å². The third-order valence-electron chi connectivity index (χ3n) is 1.91. The summed E-state index contributed by atoms with van der Waals surface area (Å²) in [7, 11) is 0. The Kier molecular flexibility index (Phi) is 3.98. The molecule has 0 atom stereocenters. The molecule has 0 aromatic carbocycles. The molecule has 0 spiro atoms. The van der Waals surface area contributed by atoms with Crippen molar-refractivity contribution in [2.24, 2.45) is 5.92 Å². The molecule has 0 radical (unpaired) electrons. The highest BCUT2D eigenvalue weighted by Gasteiger charge is 2.19. The minimum Gasteiger partial charge on any atom is -0.312 e. The van der Waals surface area contributed by atoms with Gasteiger partial charge >= 0.3 is 0 Å². The Morgan fingerprint density at radius 2 is 2.42 bits per heavy atom. The molecule has 68 valence electrons. The Bertz CT molecular complexity index is 209. The fourth-order valence-corrected chi connectivity index (χ4v) is 1.62. The molecule has 1 N–H and O–H groups in total. The first-order valence-electron chi connectivity index (χ1n) is 4.03. The molecule has 1 aliphatic carbocycles. The lowest BCUT2D eigenvalue weighted by molar-refractivity contribution is 0.643. The minimum absolute atomic E-state index is 0. The molecule has 12 heavy (non-hydrogen) atoms. The summed E-state index contributed by atoms with van der Waals surface area (Å²) in [6.45, 7) is 2.19. The number of halogens is 1. The summed E-state index contributed by atoms with van der Waals surface area (Å²) < 4.78 is 0. The van der Waals surface area contributed by atoms with Crippen molar-refractivity contribution in [3.63, 3.8) is 0 Å². The Hall–Kier alpha value is -0.120. The average molecular weight is 205 g/mol. The normalized spacial score (nSPS) is 15.7. The van der Waals surface area contributed by atoms with Crippen molar-refractivity contribution in [2.75, 3.05) is 6.54 Å². The van der Waals surface area contributed by atoms with Crippen molar-refractivity contribution < 1.29 is 0 Å². The van der Waals surface area contributed by atoms with E-state index in [2.05, 4.69) is 10.3 Å². The summed E-state index contributed by atoms with van der Waals surface area (Å²) in [5.74, 6) is 0.975. The zero-order valence-corrected chi connectivity index (χ0v) is 8.46. The second-order valence-electron chi connectivity index (χ2n) is 3.04. The van der Waals surface area contributed by atoms with Crippen LogP contribution in [0.4, 0.5) is 0 Å². The molecular formula is C8H13ClN2S. The number of aromatic nitrogens is 1. The van der Waals surface area contributed by atoms with E-state index < -0.39 is 0 Å². The third-order valence-corrected chi connectivity index (χ3v) is 2.69. The summed E-state index contributed by atoms with van der Waals surface area (Å²) in [6.07, 6.45) is 4.79. The molecule has 2 nitrogen and oxygen atoms in total. The van der Waals surface area contributed by atoms with Gasteiger partial charge in [-0.2, -0.15) is 0 Å². The summed E-state index contributed by atoms with van der Waals surface area (Å²) >= 11 is 1.72. The number of nitrogens with one attached hydrogen (secondary N) is 1. The van der Waals surface area contributed by atoms with Crippen LogP contribution in [0.5, 0.6) is 0 Å². The molecule has 2 rings (SSSR count). The Balaban J connectivity index is 0.000000720. The molecule has 0 amide bonds. The van der Waals surface area contributed by atoms with Gasteiger partial charge in [0.05, 0.1) is 5.51 Å². The fraction of sp³-hybridized carbons (Fsp3) is 0.625. The first-order valence-corrected chi connectivity index (χ1v) is 4.91. The maximum atomic E-state index is 4.01. The van der Waals surface area contributed by atoms with Gasteiger partial charge in [0.15, 0.2) is 0 Å². The van der Waals surface area contributed by atoms with Crippen LogP contribution in [-0.2, 0) is 6.54 Å². The van der Waals surface area contributed by atoms with Crippen molar-refractivity contribution in [2.45, 2.75) is 19.4 Å². The number of hydrogen-bond acceptors (Lipinski definition) is 3. The van der Waals surface area contributed by atoms with Crippen LogP contribution in [0, 0.1) is 5.92 Å². The lowest BCUT2D eigenvalue weighted by atomic mass is 10.4. The van der Waals surface area contributed by atoms with E-state index in [-0.39, 0.29) is 12.4 Å². The highest BCUT2D eigenvalue weighted by Crippen LogP contribution is 2.27. The molecule has 0 bridgehead atoms. The van der Waals surface area contributed by atoms with Crippen LogP contribution in [0.3, 0.4) is 0 Å². The van der Waals surface area contributed by atoms with Gasteiger partial charge in [0.2, 0.25) is 0 Å². The van der Waals surface area contributed by atoms with Crippen molar-refractivity contribution in [3.8, 4) is 0 Å². The van der Waals surface area contributed by atoms with Gasteiger partial charge in [-0.3, -0.25) is 4.98 Å². The number of hydrogen-bond donors (Lipinski definition) is 1. The zero-order valence-electron chi connectivity index (χ0n) is 6.82. The van der Waals surface area contributed by atoms with Gasteiger partial charge in [-0.1, -0.05) is 0 Å². The zero-order chi connectivity index (χ0) is 7.52. The summed E-state index contributed by atoms with van der Waals surface area (Å²) in [5, 5.41) is 3.42. The van der Waals surface area contributed by atoms with Crippen molar-refractivity contribution in [1.29, 1.82) is 0 Å². The summed E-state index contributed by atoms with van der Waals surface area (Å²) in [6, 6.07) is 0. The van der Waals surface area contributed by atoms with Gasteiger partial charge in [0.25, 0.3) is 0 Å². The Morgan fingerprint density at radius 1 is 1.58 bits per heavy atom. The van der Waals surface area contributed by atoms with Crippen molar-refractivity contribution in [3.05, 3.63) is 16.6 Å². The van der Waals surface area contributed by atoms with E-state index in [4.69, 9.17) is 0 Å². The van der Waals surface area contributed by atoms with E-state index in [9.17, 15) is 0 Å². The molecule has 1 aromatic heterocycles. The van der Waals surface area contributed by atoms with Crippen LogP contribution in [-0.4, -0.2) is 11.5 Å². The average Bonchev–Trinajstić information content (AvgIpc) is 2.66. The maximum absolute atomic E-state index is 4.01. The SMILES string of the molecule is Cl.c1ncc(CNCC2CC2)s1. The van der Waals surface area contributed by atoms with Crippen LogP contribution in [0.1, 0.15) is 17.7 Å². The quantitative estimate of drug-likeness (QED) is 0.813. The van der Waals surface area contributed by atoms with E-state index in [1.54, 1.807) is 11.3 Å². The molecule has 0 aliphatic heterocycles. The van der Waals surface area contributed by atoms with E-state index in [1.807, 2.05) is 11.7 Å². The van der Waals surface area contributed by atoms with Gasteiger partial charge in [0.1, 0.15) is 0 Å². The molecule has 1 aliphatic rings. The predicted octanol–water partition coefficient (Wildman–Crippen LogP) is 2.06. The number of rotatable bonds is 4. The first kappa shape index (κ1) is 9.96. The van der Waals surface area contributed by atoms with Crippen LogP contribution < -0.4 is 5.32 Å². The highest BCUT2D eigenvalue weighted by molar-refractivity contribution is 7.09. The molecule has 0 saturated heterocycles. The topological polar surface area (TPSA) is 24.9 Å².